The van der Waals surface area contributed by atoms with Gasteiger partial charge in [0.25, 0.3) is 0 Å². The minimum atomic E-state index is 0.291. The highest BCUT2D eigenvalue weighted by Gasteiger charge is 2.32. The van der Waals surface area contributed by atoms with Crippen molar-refractivity contribution < 1.29 is 18.9 Å². The molecule has 3 aliphatic rings. The maximum Gasteiger partial charge on any atom is 0.231 e. The van der Waals surface area contributed by atoms with E-state index >= 15 is 0 Å². The second-order valence-electron chi connectivity index (χ2n) is 8.29. The molecular formula is C26H31NO4. The van der Waals surface area contributed by atoms with Crippen molar-refractivity contribution in [2.24, 2.45) is 0 Å². The Balaban J connectivity index is 0.000000994. The van der Waals surface area contributed by atoms with Crippen LogP contribution in [0.1, 0.15) is 44.2 Å². The lowest BCUT2D eigenvalue weighted by Gasteiger charge is -2.41. The monoisotopic (exact) mass is 421 g/mol. The van der Waals surface area contributed by atoms with Crippen LogP contribution in [0.5, 0.6) is 23.0 Å². The van der Waals surface area contributed by atoms with E-state index in [2.05, 4.69) is 29.2 Å². The SMILES string of the molecule is CC.COc1cc2c3c(c4cc5c(cc4c2cc1OC)OCO5)CC1CCCCN1C3. The molecule has 3 aromatic carbocycles. The zero-order valence-electron chi connectivity index (χ0n) is 18.9. The number of nitrogens with zero attached hydrogens (tertiary/aromatic N) is 1. The molecule has 0 spiro atoms. The molecule has 31 heavy (non-hydrogen) atoms. The number of fused-ring (bicyclic) bond motifs is 8. The van der Waals surface area contributed by atoms with Crippen LogP contribution in [0.4, 0.5) is 0 Å². The van der Waals surface area contributed by atoms with Gasteiger partial charge in [0.1, 0.15) is 0 Å². The zero-order chi connectivity index (χ0) is 21.5. The lowest BCUT2D eigenvalue weighted by molar-refractivity contribution is 0.128. The van der Waals surface area contributed by atoms with Gasteiger partial charge in [-0.2, -0.15) is 0 Å². The van der Waals surface area contributed by atoms with Crippen molar-refractivity contribution in [2.75, 3.05) is 27.6 Å². The zero-order valence-corrected chi connectivity index (χ0v) is 18.9. The Morgan fingerprint density at radius 3 is 2.13 bits per heavy atom. The molecule has 0 N–H and O–H groups in total. The average molecular weight is 422 g/mol. The molecule has 1 unspecified atom stereocenters. The molecule has 1 saturated heterocycles. The number of rotatable bonds is 2. The van der Waals surface area contributed by atoms with Gasteiger partial charge in [0.2, 0.25) is 6.79 Å². The van der Waals surface area contributed by atoms with Crippen molar-refractivity contribution in [3.8, 4) is 23.0 Å². The summed E-state index contributed by atoms with van der Waals surface area (Å²) in [6.07, 6.45) is 5.01. The summed E-state index contributed by atoms with van der Waals surface area (Å²) < 4.78 is 22.7. The standard InChI is InChI=1S/C24H25NO4.C2H6/c1-26-21-8-16-18-11-24-23(28-13-29-24)10-17(18)15-7-14-5-3-4-6-25(14)12-20(15)19(16)9-22(21)27-2;1-2/h8-11,14H,3-7,12-13H2,1-2H3;1-2H3. The Bertz CT molecular complexity index is 1140. The van der Waals surface area contributed by atoms with E-state index in [9.17, 15) is 0 Å². The summed E-state index contributed by atoms with van der Waals surface area (Å²) in [5.41, 5.74) is 2.88. The second kappa shape index (κ2) is 8.12. The second-order valence-corrected chi connectivity index (χ2v) is 8.29. The summed E-state index contributed by atoms with van der Waals surface area (Å²) in [5.74, 6) is 3.21. The van der Waals surface area contributed by atoms with Crippen LogP contribution >= 0.6 is 0 Å². The lowest BCUT2D eigenvalue weighted by Crippen LogP contribution is -2.43. The summed E-state index contributed by atoms with van der Waals surface area (Å²) in [4.78, 5) is 2.67. The van der Waals surface area contributed by atoms with E-state index in [4.69, 9.17) is 18.9 Å². The summed E-state index contributed by atoms with van der Waals surface area (Å²) in [6, 6.07) is 9.23. The van der Waals surface area contributed by atoms with Gasteiger partial charge in [0, 0.05) is 12.6 Å². The highest BCUT2D eigenvalue weighted by atomic mass is 16.7. The van der Waals surface area contributed by atoms with Gasteiger partial charge in [-0.1, -0.05) is 20.3 Å². The first-order chi connectivity index (χ1) is 15.3. The molecule has 0 radical (unpaired) electrons. The van der Waals surface area contributed by atoms with Crippen LogP contribution in [-0.4, -0.2) is 38.5 Å². The molecule has 1 fully saturated rings. The predicted octanol–water partition coefficient (Wildman–Crippen LogP) is 5.68. The maximum absolute atomic E-state index is 5.72. The predicted molar refractivity (Wildman–Crippen MR) is 124 cm³/mol. The fraction of sp³-hybridized carbons (Fsp3) is 0.462. The van der Waals surface area contributed by atoms with Gasteiger partial charge in [-0.05, 0) is 82.7 Å². The minimum Gasteiger partial charge on any atom is -0.493 e. The van der Waals surface area contributed by atoms with E-state index in [0.717, 1.165) is 36.0 Å². The van der Waals surface area contributed by atoms with Gasteiger partial charge < -0.3 is 18.9 Å². The van der Waals surface area contributed by atoms with E-state index in [0.29, 0.717) is 12.8 Å². The fourth-order valence-corrected chi connectivity index (χ4v) is 5.44. The van der Waals surface area contributed by atoms with Crippen LogP contribution in [-0.2, 0) is 13.0 Å². The summed E-state index contributed by atoms with van der Waals surface area (Å²) in [7, 11) is 3.40. The van der Waals surface area contributed by atoms with Gasteiger partial charge in [-0.3, -0.25) is 4.90 Å². The summed E-state index contributed by atoms with van der Waals surface area (Å²) in [6.45, 7) is 6.48. The third kappa shape index (κ3) is 3.18. The van der Waals surface area contributed by atoms with E-state index in [1.54, 1.807) is 14.2 Å². The van der Waals surface area contributed by atoms with Crippen molar-refractivity contribution >= 4 is 21.5 Å². The Morgan fingerprint density at radius 2 is 1.42 bits per heavy atom. The van der Waals surface area contributed by atoms with Crippen LogP contribution in [0, 0.1) is 0 Å². The number of hydrogen-bond acceptors (Lipinski definition) is 5. The van der Waals surface area contributed by atoms with Gasteiger partial charge in [-0.25, -0.2) is 0 Å². The Hall–Kier alpha value is -2.66. The van der Waals surface area contributed by atoms with Crippen molar-refractivity contribution in [3.05, 3.63) is 35.4 Å². The number of ether oxygens (including phenoxy) is 4. The third-order valence-corrected chi connectivity index (χ3v) is 6.89. The summed E-state index contributed by atoms with van der Waals surface area (Å²) >= 11 is 0. The van der Waals surface area contributed by atoms with Crippen LogP contribution in [0.15, 0.2) is 24.3 Å². The van der Waals surface area contributed by atoms with Crippen LogP contribution < -0.4 is 18.9 Å². The molecule has 5 nitrogen and oxygen atoms in total. The van der Waals surface area contributed by atoms with Crippen LogP contribution in [0.2, 0.25) is 0 Å². The molecule has 0 saturated carbocycles. The molecule has 0 amide bonds. The molecule has 5 heteroatoms. The number of benzene rings is 3. The van der Waals surface area contributed by atoms with E-state index in [-0.39, 0.29) is 0 Å². The highest BCUT2D eigenvalue weighted by molar-refractivity contribution is 6.13. The molecule has 0 aromatic heterocycles. The molecule has 1 atom stereocenters. The molecule has 164 valence electrons. The maximum atomic E-state index is 5.72. The Kier molecular flexibility index (Phi) is 5.30. The summed E-state index contributed by atoms with van der Waals surface area (Å²) in [5, 5.41) is 4.93. The first kappa shape index (κ1) is 20.3. The Labute approximate surface area is 183 Å². The first-order valence-electron chi connectivity index (χ1n) is 11.4. The number of hydrogen-bond donors (Lipinski definition) is 0. The van der Waals surface area contributed by atoms with E-state index in [1.807, 2.05) is 13.8 Å². The average Bonchev–Trinajstić information content (AvgIpc) is 3.30. The normalized spacial score (nSPS) is 19.4. The molecule has 6 rings (SSSR count). The van der Waals surface area contributed by atoms with Crippen molar-refractivity contribution in [3.63, 3.8) is 0 Å². The quantitative estimate of drug-likeness (QED) is 0.498. The fourth-order valence-electron chi connectivity index (χ4n) is 5.44. The number of methoxy groups -OCH3 is 2. The third-order valence-electron chi connectivity index (χ3n) is 6.89. The molecule has 0 bridgehead atoms. The topological polar surface area (TPSA) is 40.2 Å². The number of piperidine rings is 1. The first-order valence-corrected chi connectivity index (χ1v) is 11.4. The molecule has 0 aliphatic carbocycles. The van der Waals surface area contributed by atoms with Gasteiger partial charge in [-0.15, -0.1) is 0 Å². The van der Waals surface area contributed by atoms with Gasteiger partial charge >= 0.3 is 0 Å². The van der Waals surface area contributed by atoms with Crippen LogP contribution in [0.3, 0.4) is 0 Å². The highest BCUT2D eigenvalue weighted by Crippen LogP contribution is 2.46. The molecular weight excluding hydrogens is 390 g/mol. The van der Waals surface area contributed by atoms with E-state index < -0.39 is 0 Å². The molecule has 3 aromatic rings. The van der Waals surface area contributed by atoms with Crippen molar-refractivity contribution in [1.29, 1.82) is 0 Å². The van der Waals surface area contributed by atoms with Gasteiger partial charge in [0.05, 0.1) is 14.2 Å². The van der Waals surface area contributed by atoms with Crippen LogP contribution in [0.25, 0.3) is 21.5 Å². The molecule has 3 heterocycles. The molecule has 3 aliphatic heterocycles. The smallest absolute Gasteiger partial charge is 0.231 e. The lowest BCUT2D eigenvalue weighted by atomic mass is 9.82. The van der Waals surface area contributed by atoms with Crippen molar-refractivity contribution in [2.45, 2.75) is 52.1 Å². The van der Waals surface area contributed by atoms with E-state index in [1.165, 1.54) is 58.5 Å². The van der Waals surface area contributed by atoms with Crippen molar-refractivity contribution in [1.82, 2.24) is 4.90 Å². The minimum absolute atomic E-state index is 0.291. The largest absolute Gasteiger partial charge is 0.493 e. The van der Waals surface area contributed by atoms with Gasteiger partial charge in [0.15, 0.2) is 23.0 Å². The Morgan fingerprint density at radius 1 is 0.806 bits per heavy atom.